The first-order chi connectivity index (χ1) is 8.09. The Labute approximate surface area is 100 Å². The molecular formula is C10H15N3O3S. The summed E-state index contributed by atoms with van der Waals surface area (Å²) in [5, 5.41) is 3.03. The number of hydrogen-bond acceptors (Lipinski definition) is 6. The second kappa shape index (κ2) is 4.87. The summed E-state index contributed by atoms with van der Waals surface area (Å²) < 4.78 is 27.5. The molecule has 0 spiro atoms. The van der Waals surface area contributed by atoms with E-state index in [0.29, 0.717) is 24.8 Å². The molecule has 0 amide bonds. The van der Waals surface area contributed by atoms with Crippen LogP contribution in [0.4, 0.5) is 5.95 Å². The van der Waals surface area contributed by atoms with Crippen LogP contribution in [0.25, 0.3) is 0 Å². The predicted octanol–water partition coefficient (Wildman–Crippen LogP) is 0.332. The highest BCUT2D eigenvalue weighted by atomic mass is 32.2. The quantitative estimate of drug-likeness (QED) is 0.837. The van der Waals surface area contributed by atoms with Crippen molar-refractivity contribution < 1.29 is 13.2 Å². The van der Waals surface area contributed by atoms with E-state index in [-0.39, 0.29) is 17.4 Å². The molecule has 0 aliphatic carbocycles. The van der Waals surface area contributed by atoms with E-state index in [9.17, 15) is 8.42 Å². The van der Waals surface area contributed by atoms with Gasteiger partial charge in [0, 0.05) is 18.8 Å². The highest BCUT2D eigenvalue weighted by molar-refractivity contribution is 7.91. The first kappa shape index (κ1) is 12.1. The first-order valence-electron chi connectivity index (χ1n) is 5.40. The van der Waals surface area contributed by atoms with Crippen LogP contribution >= 0.6 is 0 Å². The molecule has 2 rings (SSSR count). The molecular weight excluding hydrogens is 242 g/mol. The van der Waals surface area contributed by atoms with Crippen molar-refractivity contribution in [1.29, 1.82) is 0 Å². The molecule has 1 atom stereocenters. The Balaban J connectivity index is 1.90. The van der Waals surface area contributed by atoms with Gasteiger partial charge in [-0.15, -0.1) is 0 Å². The minimum absolute atomic E-state index is 0.148. The number of aromatic nitrogens is 2. The number of nitrogens with zero attached hydrogens (tertiary/aromatic N) is 2. The van der Waals surface area contributed by atoms with Crippen LogP contribution in [-0.4, -0.2) is 43.5 Å². The lowest BCUT2D eigenvalue weighted by Crippen LogP contribution is -2.17. The molecule has 1 aliphatic heterocycles. The van der Waals surface area contributed by atoms with Crippen LogP contribution in [0, 0.1) is 5.92 Å². The molecule has 1 aromatic rings. The molecule has 0 bridgehead atoms. The molecule has 1 N–H and O–H groups in total. The van der Waals surface area contributed by atoms with Crippen LogP contribution < -0.4 is 10.1 Å². The van der Waals surface area contributed by atoms with Crippen molar-refractivity contribution >= 4 is 15.8 Å². The molecule has 1 unspecified atom stereocenters. The van der Waals surface area contributed by atoms with Gasteiger partial charge in [-0.2, -0.15) is 4.98 Å². The molecule has 6 nitrogen and oxygen atoms in total. The average molecular weight is 257 g/mol. The van der Waals surface area contributed by atoms with Crippen LogP contribution in [0.3, 0.4) is 0 Å². The molecule has 2 heterocycles. The maximum atomic E-state index is 11.3. The van der Waals surface area contributed by atoms with Crippen molar-refractivity contribution in [3.8, 4) is 5.88 Å². The van der Waals surface area contributed by atoms with E-state index in [1.54, 1.807) is 12.3 Å². The van der Waals surface area contributed by atoms with E-state index in [4.69, 9.17) is 4.74 Å². The topological polar surface area (TPSA) is 81.2 Å². The van der Waals surface area contributed by atoms with Gasteiger partial charge in [-0.25, -0.2) is 13.4 Å². The normalized spacial score (nSPS) is 22.3. The largest absolute Gasteiger partial charge is 0.481 e. The monoisotopic (exact) mass is 257 g/mol. The van der Waals surface area contributed by atoms with Gasteiger partial charge in [0.25, 0.3) is 0 Å². The number of sulfone groups is 1. The van der Waals surface area contributed by atoms with Gasteiger partial charge in [0.2, 0.25) is 11.8 Å². The number of anilines is 1. The van der Waals surface area contributed by atoms with E-state index in [2.05, 4.69) is 15.3 Å². The van der Waals surface area contributed by atoms with Gasteiger partial charge in [-0.3, -0.25) is 0 Å². The third-order valence-corrected chi connectivity index (χ3v) is 4.55. The Kier molecular flexibility index (Phi) is 3.46. The predicted molar refractivity (Wildman–Crippen MR) is 63.8 cm³/mol. The smallest absolute Gasteiger partial charge is 0.225 e. The van der Waals surface area contributed by atoms with Gasteiger partial charge >= 0.3 is 0 Å². The van der Waals surface area contributed by atoms with E-state index >= 15 is 0 Å². The van der Waals surface area contributed by atoms with Gasteiger partial charge in [-0.1, -0.05) is 0 Å². The Bertz CT molecular complexity index is 489. The maximum Gasteiger partial charge on any atom is 0.225 e. The zero-order chi connectivity index (χ0) is 12.3. The van der Waals surface area contributed by atoms with Gasteiger partial charge < -0.3 is 10.1 Å². The van der Waals surface area contributed by atoms with Crippen LogP contribution in [0.1, 0.15) is 6.42 Å². The third-order valence-electron chi connectivity index (χ3n) is 2.71. The van der Waals surface area contributed by atoms with E-state index in [0.717, 1.165) is 0 Å². The van der Waals surface area contributed by atoms with Crippen molar-refractivity contribution in [2.24, 2.45) is 5.92 Å². The Morgan fingerprint density at radius 2 is 2.41 bits per heavy atom. The second-order valence-corrected chi connectivity index (χ2v) is 6.30. The zero-order valence-corrected chi connectivity index (χ0v) is 10.4. The molecule has 1 fully saturated rings. The molecule has 94 valence electrons. The van der Waals surface area contributed by atoms with E-state index in [1.165, 1.54) is 7.11 Å². The zero-order valence-electron chi connectivity index (χ0n) is 9.59. The standard InChI is InChI=1S/C10H15N3O3S/c1-16-9-2-4-11-10(13-9)12-6-8-3-5-17(14,15)7-8/h2,4,8H,3,5-7H2,1H3,(H,11,12,13). The van der Waals surface area contributed by atoms with Crippen LogP contribution in [0.2, 0.25) is 0 Å². The Hall–Kier alpha value is -1.37. The fourth-order valence-corrected chi connectivity index (χ4v) is 3.67. The van der Waals surface area contributed by atoms with Gasteiger partial charge in [0.1, 0.15) is 0 Å². The number of nitrogens with one attached hydrogen (secondary N) is 1. The van der Waals surface area contributed by atoms with Crippen LogP contribution in [0.5, 0.6) is 5.88 Å². The fraction of sp³-hybridized carbons (Fsp3) is 0.600. The number of methoxy groups -OCH3 is 1. The molecule has 1 aliphatic rings. The molecule has 1 saturated heterocycles. The summed E-state index contributed by atoms with van der Waals surface area (Å²) in [6, 6.07) is 1.66. The first-order valence-corrected chi connectivity index (χ1v) is 7.22. The van der Waals surface area contributed by atoms with Crippen molar-refractivity contribution in [2.75, 3.05) is 30.5 Å². The van der Waals surface area contributed by atoms with E-state index < -0.39 is 9.84 Å². The summed E-state index contributed by atoms with van der Waals surface area (Å²) in [6.07, 6.45) is 2.30. The van der Waals surface area contributed by atoms with Crippen molar-refractivity contribution in [2.45, 2.75) is 6.42 Å². The van der Waals surface area contributed by atoms with Crippen molar-refractivity contribution in [3.05, 3.63) is 12.3 Å². The minimum atomic E-state index is -2.82. The van der Waals surface area contributed by atoms with Gasteiger partial charge in [0.15, 0.2) is 9.84 Å². The van der Waals surface area contributed by atoms with Crippen LogP contribution in [0.15, 0.2) is 12.3 Å². The molecule has 7 heteroatoms. The van der Waals surface area contributed by atoms with E-state index in [1.807, 2.05) is 0 Å². The summed E-state index contributed by atoms with van der Waals surface area (Å²) in [7, 11) is -1.28. The molecule has 0 saturated carbocycles. The molecule has 0 radical (unpaired) electrons. The second-order valence-electron chi connectivity index (χ2n) is 4.07. The van der Waals surface area contributed by atoms with Crippen LogP contribution in [-0.2, 0) is 9.84 Å². The summed E-state index contributed by atoms with van der Waals surface area (Å²) in [5.41, 5.74) is 0. The SMILES string of the molecule is COc1ccnc(NCC2CCS(=O)(=O)C2)n1. The summed E-state index contributed by atoms with van der Waals surface area (Å²) in [5.74, 6) is 1.65. The number of hydrogen-bond donors (Lipinski definition) is 1. The maximum absolute atomic E-state index is 11.3. The van der Waals surface area contributed by atoms with Gasteiger partial charge in [0.05, 0.1) is 18.6 Å². The third kappa shape index (κ3) is 3.29. The Morgan fingerprint density at radius 1 is 1.59 bits per heavy atom. The summed E-state index contributed by atoms with van der Waals surface area (Å²) in [4.78, 5) is 8.13. The summed E-state index contributed by atoms with van der Waals surface area (Å²) in [6.45, 7) is 0.576. The molecule has 0 aromatic carbocycles. The van der Waals surface area contributed by atoms with Gasteiger partial charge in [-0.05, 0) is 12.3 Å². The molecule has 1 aromatic heterocycles. The highest BCUT2D eigenvalue weighted by Gasteiger charge is 2.27. The number of ether oxygens (including phenoxy) is 1. The average Bonchev–Trinajstić information content (AvgIpc) is 2.67. The van der Waals surface area contributed by atoms with Crippen molar-refractivity contribution in [3.63, 3.8) is 0 Å². The minimum Gasteiger partial charge on any atom is -0.481 e. The summed E-state index contributed by atoms with van der Waals surface area (Å²) >= 11 is 0. The fourth-order valence-electron chi connectivity index (χ4n) is 1.81. The molecule has 17 heavy (non-hydrogen) atoms. The lowest BCUT2D eigenvalue weighted by molar-refractivity contribution is 0.397. The highest BCUT2D eigenvalue weighted by Crippen LogP contribution is 2.18. The number of rotatable bonds is 4. The lowest BCUT2D eigenvalue weighted by Gasteiger charge is -2.09. The van der Waals surface area contributed by atoms with Crippen molar-refractivity contribution in [1.82, 2.24) is 9.97 Å². The Morgan fingerprint density at radius 3 is 3.06 bits per heavy atom. The lowest BCUT2D eigenvalue weighted by atomic mass is 10.1.